The number of amides is 1. The third-order valence-corrected chi connectivity index (χ3v) is 4.92. The predicted octanol–water partition coefficient (Wildman–Crippen LogP) is 3.39. The van der Waals surface area contributed by atoms with Crippen molar-refractivity contribution in [2.75, 3.05) is 0 Å². The first-order chi connectivity index (χ1) is 13.9. The van der Waals surface area contributed by atoms with Crippen molar-refractivity contribution in [3.05, 3.63) is 66.0 Å². The molecule has 1 aromatic carbocycles. The Bertz CT molecular complexity index is 1140. The van der Waals surface area contributed by atoms with Gasteiger partial charge < -0.3 is 5.32 Å². The van der Waals surface area contributed by atoms with Crippen molar-refractivity contribution in [1.82, 2.24) is 34.8 Å². The molecule has 29 heavy (non-hydrogen) atoms. The molecule has 3 heterocycles. The average Bonchev–Trinajstić information content (AvgIpc) is 3.37. The largest absolute Gasteiger partial charge is 0.345 e. The molecule has 0 aliphatic carbocycles. The summed E-state index contributed by atoms with van der Waals surface area (Å²) in [5.41, 5.74) is 3.96. The Balaban J connectivity index is 1.53. The fourth-order valence-corrected chi connectivity index (χ4v) is 3.29. The Kier molecular flexibility index (Phi) is 4.84. The molecule has 1 atom stereocenters. The highest BCUT2D eigenvalue weighted by Crippen LogP contribution is 2.21. The Labute approximate surface area is 168 Å². The number of aryl methyl sites for hydroxylation is 1. The molecule has 1 unspecified atom stereocenters. The molecule has 148 valence electrons. The quantitative estimate of drug-likeness (QED) is 0.565. The maximum absolute atomic E-state index is 12.9. The lowest BCUT2D eigenvalue weighted by molar-refractivity contribution is 0.0939. The third-order valence-electron chi connectivity index (χ3n) is 4.92. The molecule has 3 aromatic heterocycles. The molecule has 0 radical (unpaired) electrons. The van der Waals surface area contributed by atoms with Crippen LogP contribution in [0.2, 0.25) is 0 Å². The third kappa shape index (κ3) is 3.61. The van der Waals surface area contributed by atoms with Gasteiger partial charge in [-0.05, 0) is 51.5 Å². The second-order valence-electron chi connectivity index (χ2n) is 7.34. The van der Waals surface area contributed by atoms with E-state index in [1.54, 1.807) is 17.2 Å². The summed E-state index contributed by atoms with van der Waals surface area (Å²) >= 11 is 0. The second kappa shape index (κ2) is 7.46. The van der Waals surface area contributed by atoms with Gasteiger partial charge in [0.2, 0.25) is 0 Å². The number of benzene rings is 1. The van der Waals surface area contributed by atoms with E-state index in [1.165, 1.54) is 6.33 Å². The fourth-order valence-electron chi connectivity index (χ4n) is 3.29. The van der Waals surface area contributed by atoms with Crippen molar-refractivity contribution in [3.8, 4) is 5.69 Å². The van der Waals surface area contributed by atoms with E-state index in [2.05, 4.69) is 39.3 Å². The van der Waals surface area contributed by atoms with Crippen LogP contribution in [0.4, 0.5) is 0 Å². The number of hydrogen-bond acceptors (Lipinski definition) is 5. The fraction of sp³-hybridized carbons (Fsp3) is 0.286. The summed E-state index contributed by atoms with van der Waals surface area (Å²) in [6.07, 6.45) is 4.90. The summed E-state index contributed by atoms with van der Waals surface area (Å²) in [6, 6.07) is 9.77. The van der Waals surface area contributed by atoms with Gasteiger partial charge in [0.25, 0.3) is 5.91 Å². The van der Waals surface area contributed by atoms with Crippen LogP contribution in [0, 0.1) is 6.92 Å². The van der Waals surface area contributed by atoms with Crippen LogP contribution in [0.5, 0.6) is 0 Å². The van der Waals surface area contributed by atoms with Crippen molar-refractivity contribution in [2.45, 2.75) is 39.8 Å². The zero-order valence-electron chi connectivity index (χ0n) is 16.9. The molecule has 0 bridgehead atoms. The number of rotatable bonds is 5. The molecule has 4 aromatic rings. The maximum Gasteiger partial charge on any atom is 0.253 e. The van der Waals surface area contributed by atoms with Crippen LogP contribution in [-0.2, 0) is 0 Å². The number of carbonyl (C=O) groups is 1. The van der Waals surface area contributed by atoms with Gasteiger partial charge in [0.1, 0.15) is 12.7 Å². The minimum absolute atomic E-state index is 0.151. The number of pyridine rings is 1. The van der Waals surface area contributed by atoms with Gasteiger partial charge in [0.05, 0.1) is 29.2 Å². The Morgan fingerprint density at radius 2 is 1.86 bits per heavy atom. The highest BCUT2D eigenvalue weighted by molar-refractivity contribution is 5.98. The SMILES string of the molecule is Cc1nc2c(cnn2C(C)C)cc1C(=O)NC(C)c1ccc(-n2cncn2)cc1. The lowest BCUT2D eigenvalue weighted by Crippen LogP contribution is -2.27. The zero-order chi connectivity index (χ0) is 20.5. The molecule has 0 spiro atoms. The Hall–Kier alpha value is -3.55. The second-order valence-corrected chi connectivity index (χ2v) is 7.34. The van der Waals surface area contributed by atoms with Gasteiger partial charge in [-0.25, -0.2) is 19.3 Å². The first-order valence-corrected chi connectivity index (χ1v) is 9.54. The van der Waals surface area contributed by atoms with E-state index in [4.69, 9.17) is 0 Å². The van der Waals surface area contributed by atoms with Crippen molar-refractivity contribution >= 4 is 16.9 Å². The highest BCUT2D eigenvalue weighted by Gasteiger charge is 2.17. The number of carbonyl (C=O) groups excluding carboxylic acids is 1. The van der Waals surface area contributed by atoms with Crippen LogP contribution in [0.3, 0.4) is 0 Å². The van der Waals surface area contributed by atoms with Gasteiger partial charge in [-0.2, -0.15) is 10.2 Å². The standard InChI is InChI=1S/C21H23N7O/c1-13(2)28-20-17(10-23-28)9-19(15(4)25-20)21(29)26-14(3)16-5-7-18(8-6-16)27-12-22-11-24-27/h5-14H,1-4H3,(H,26,29). The summed E-state index contributed by atoms with van der Waals surface area (Å²) in [6.45, 7) is 7.92. The summed E-state index contributed by atoms with van der Waals surface area (Å²) in [7, 11) is 0. The molecule has 8 heteroatoms. The van der Waals surface area contributed by atoms with Crippen molar-refractivity contribution in [2.24, 2.45) is 0 Å². The van der Waals surface area contributed by atoms with Gasteiger partial charge in [0.15, 0.2) is 5.65 Å². The van der Waals surface area contributed by atoms with E-state index >= 15 is 0 Å². The zero-order valence-corrected chi connectivity index (χ0v) is 16.9. The van der Waals surface area contributed by atoms with Crippen molar-refractivity contribution < 1.29 is 4.79 Å². The molecule has 1 amide bonds. The molecule has 1 N–H and O–H groups in total. The van der Waals surface area contributed by atoms with E-state index in [9.17, 15) is 4.79 Å². The predicted molar refractivity (Wildman–Crippen MR) is 110 cm³/mol. The Morgan fingerprint density at radius 1 is 1.10 bits per heavy atom. The maximum atomic E-state index is 12.9. The molecule has 8 nitrogen and oxygen atoms in total. The van der Waals surface area contributed by atoms with E-state index in [1.807, 2.05) is 48.9 Å². The van der Waals surface area contributed by atoms with Gasteiger partial charge in [-0.1, -0.05) is 12.1 Å². The minimum Gasteiger partial charge on any atom is -0.345 e. The summed E-state index contributed by atoms with van der Waals surface area (Å²) in [5.74, 6) is -0.151. The topological polar surface area (TPSA) is 90.5 Å². The number of nitrogens with one attached hydrogen (secondary N) is 1. The lowest BCUT2D eigenvalue weighted by Gasteiger charge is -2.16. The molecular weight excluding hydrogens is 366 g/mol. The van der Waals surface area contributed by atoms with Crippen LogP contribution in [0.25, 0.3) is 16.7 Å². The van der Waals surface area contributed by atoms with E-state index in [0.717, 1.165) is 22.3 Å². The van der Waals surface area contributed by atoms with E-state index in [-0.39, 0.29) is 18.0 Å². The lowest BCUT2D eigenvalue weighted by atomic mass is 10.1. The summed E-state index contributed by atoms with van der Waals surface area (Å²) in [4.78, 5) is 21.5. The van der Waals surface area contributed by atoms with E-state index in [0.29, 0.717) is 11.3 Å². The van der Waals surface area contributed by atoms with Crippen LogP contribution in [-0.4, -0.2) is 35.4 Å². The molecule has 0 aliphatic rings. The first-order valence-electron chi connectivity index (χ1n) is 9.54. The molecule has 4 rings (SSSR count). The van der Waals surface area contributed by atoms with Gasteiger partial charge in [0, 0.05) is 11.4 Å². The average molecular weight is 389 g/mol. The van der Waals surface area contributed by atoms with Crippen LogP contribution in [0.1, 0.15) is 54.5 Å². The molecular formula is C21H23N7O. The monoisotopic (exact) mass is 389 g/mol. The summed E-state index contributed by atoms with van der Waals surface area (Å²) in [5, 5.41) is 12.4. The number of aromatic nitrogens is 6. The van der Waals surface area contributed by atoms with E-state index < -0.39 is 0 Å². The molecule has 0 saturated carbocycles. The Morgan fingerprint density at radius 3 is 2.52 bits per heavy atom. The highest BCUT2D eigenvalue weighted by atomic mass is 16.1. The summed E-state index contributed by atoms with van der Waals surface area (Å²) < 4.78 is 3.55. The number of fused-ring (bicyclic) bond motifs is 1. The van der Waals surface area contributed by atoms with Crippen LogP contribution < -0.4 is 5.32 Å². The molecule has 0 saturated heterocycles. The molecule has 0 fully saturated rings. The smallest absolute Gasteiger partial charge is 0.253 e. The number of hydrogen-bond donors (Lipinski definition) is 1. The van der Waals surface area contributed by atoms with Crippen LogP contribution in [0.15, 0.2) is 49.2 Å². The first kappa shape index (κ1) is 18.8. The molecule has 0 aliphatic heterocycles. The minimum atomic E-state index is -0.152. The normalized spacial score (nSPS) is 12.4. The van der Waals surface area contributed by atoms with Gasteiger partial charge in [-0.15, -0.1) is 0 Å². The van der Waals surface area contributed by atoms with Crippen molar-refractivity contribution in [3.63, 3.8) is 0 Å². The van der Waals surface area contributed by atoms with Gasteiger partial charge in [-0.3, -0.25) is 4.79 Å². The van der Waals surface area contributed by atoms with Gasteiger partial charge >= 0.3 is 0 Å². The van der Waals surface area contributed by atoms with Crippen molar-refractivity contribution in [1.29, 1.82) is 0 Å². The number of nitrogens with zero attached hydrogens (tertiary/aromatic N) is 6. The van der Waals surface area contributed by atoms with Crippen LogP contribution >= 0.6 is 0 Å².